The van der Waals surface area contributed by atoms with Gasteiger partial charge >= 0.3 is 5.97 Å². The summed E-state index contributed by atoms with van der Waals surface area (Å²) in [7, 11) is 0. The Morgan fingerprint density at radius 1 is 1.47 bits per heavy atom. The summed E-state index contributed by atoms with van der Waals surface area (Å²) in [4.78, 5) is 11.4. The second-order valence-corrected chi connectivity index (χ2v) is 4.02. The minimum atomic E-state index is -0.488. The first kappa shape index (κ1) is 13.0. The van der Waals surface area contributed by atoms with Crippen LogP contribution in [0.2, 0.25) is 0 Å². The van der Waals surface area contributed by atoms with E-state index in [1.54, 1.807) is 19.9 Å². The van der Waals surface area contributed by atoms with Crippen molar-refractivity contribution < 1.29 is 9.53 Å². The van der Waals surface area contributed by atoms with E-state index in [0.29, 0.717) is 5.57 Å². The molecule has 0 unspecified atom stereocenters. The minimum Gasteiger partial charge on any atom is -0.460 e. The van der Waals surface area contributed by atoms with Crippen molar-refractivity contribution in [1.82, 2.24) is 0 Å². The summed E-state index contributed by atoms with van der Waals surface area (Å²) in [5.41, 5.74) is 2.09. The third-order valence-electron chi connectivity index (χ3n) is 2.06. The van der Waals surface area contributed by atoms with Gasteiger partial charge in [-0.15, -0.1) is 0 Å². The predicted molar refractivity (Wildman–Crippen MR) is 66.0 cm³/mol. The van der Waals surface area contributed by atoms with Crippen molar-refractivity contribution in [2.75, 3.05) is 0 Å². The van der Waals surface area contributed by atoms with Crippen LogP contribution in [0.3, 0.4) is 0 Å². The number of ether oxygens (including phenoxy) is 1. The fourth-order valence-electron chi connectivity index (χ4n) is 1.38. The molecule has 0 aliphatic heterocycles. The number of rotatable bonds is 3. The fourth-order valence-corrected chi connectivity index (χ4v) is 1.38. The molecule has 17 heavy (non-hydrogen) atoms. The molecule has 1 aromatic rings. The molecule has 0 saturated carbocycles. The van der Waals surface area contributed by atoms with E-state index in [2.05, 4.69) is 0 Å². The molecule has 0 fully saturated rings. The molecule has 3 nitrogen and oxygen atoms in total. The molecule has 0 aromatic heterocycles. The monoisotopic (exact) mass is 229 g/mol. The van der Waals surface area contributed by atoms with E-state index in [-0.39, 0.29) is 6.10 Å². The molecule has 0 saturated heterocycles. The third-order valence-corrected chi connectivity index (χ3v) is 2.06. The van der Waals surface area contributed by atoms with Crippen LogP contribution in [-0.4, -0.2) is 12.1 Å². The Kier molecular flexibility index (Phi) is 4.47. The number of hydrogen-bond donors (Lipinski definition) is 0. The van der Waals surface area contributed by atoms with Crippen molar-refractivity contribution in [3.8, 4) is 6.07 Å². The molecule has 88 valence electrons. The van der Waals surface area contributed by atoms with E-state index < -0.39 is 5.97 Å². The van der Waals surface area contributed by atoms with Gasteiger partial charge in [-0.25, -0.2) is 4.79 Å². The van der Waals surface area contributed by atoms with Crippen molar-refractivity contribution in [3.63, 3.8) is 0 Å². The number of nitriles is 1. The predicted octanol–water partition coefficient (Wildman–Crippen LogP) is 2.85. The molecule has 0 spiro atoms. The van der Waals surface area contributed by atoms with Crippen LogP contribution in [0.25, 0.3) is 5.57 Å². The second-order valence-electron chi connectivity index (χ2n) is 4.02. The lowest BCUT2D eigenvalue weighted by atomic mass is 10.0. The summed E-state index contributed by atoms with van der Waals surface area (Å²) < 4.78 is 4.97. The topological polar surface area (TPSA) is 50.1 Å². The van der Waals surface area contributed by atoms with E-state index in [9.17, 15) is 4.79 Å². The molecular weight excluding hydrogens is 214 g/mol. The van der Waals surface area contributed by atoms with Crippen LogP contribution in [0.4, 0.5) is 0 Å². The highest BCUT2D eigenvalue weighted by Crippen LogP contribution is 2.15. The largest absolute Gasteiger partial charge is 0.460 e. The first-order valence-electron chi connectivity index (χ1n) is 5.42. The maximum atomic E-state index is 11.4. The molecule has 0 amide bonds. The van der Waals surface area contributed by atoms with Crippen molar-refractivity contribution in [2.45, 2.75) is 26.9 Å². The number of esters is 1. The maximum Gasteiger partial charge on any atom is 0.332 e. The van der Waals surface area contributed by atoms with Crippen molar-refractivity contribution >= 4 is 11.5 Å². The molecule has 1 aromatic carbocycles. The number of benzene rings is 1. The Morgan fingerprint density at radius 3 is 2.71 bits per heavy atom. The van der Waals surface area contributed by atoms with E-state index in [1.807, 2.05) is 31.2 Å². The minimum absolute atomic E-state index is 0.184. The average Bonchev–Trinajstić information content (AvgIpc) is 2.24. The highest BCUT2D eigenvalue weighted by Gasteiger charge is 2.06. The van der Waals surface area contributed by atoms with Gasteiger partial charge < -0.3 is 4.74 Å². The van der Waals surface area contributed by atoms with E-state index in [1.165, 1.54) is 6.08 Å². The average molecular weight is 229 g/mol. The fraction of sp³-hybridized carbons (Fsp3) is 0.286. The highest BCUT2D eigenvalue weighted by molar-refractivity contribution is 5.95. The van der Waals surface area contributed by atoms with Crippen LogP contribution < -0.4 is 0 Å². The highest BCUT2D eigenvalue weighted by atomic mass is 16.5. The lowest BCUT2D eigenvalue weighted by Gasteiger charge is -2.05. The number of hydrogen-bond acceptors (Lipinski definition) is 3. The molecule has 0 bridgehead atoms. The summed E-state index contributed by atoms with van der Waals surface area (Å²) in [6.45, 7) is 5.47. The van der Waals surface area contributed by atoms with E-state index >= 15 is 0 Å². The Labute approximate surface area is 101 Å². The van der Waals surface area contributed by atoms with Crippen molar-refractivity contribution in [3.05, 3.63) is 41.5 Å². The molecule has 1 rings (SSSR count). The number of nitrogens with zero attached hydrogens (tertiary/aromatic N) is 1. The Bertz CT molecular complexity index is 481. The van der Waals surface area contributed by atoms with Gasteiger partial charge in [-0.05, 0) is 26.3 Å². The molecule has 0 heterocycles. The summed E-state index contributed by atoms with van der Waals surface area (Å²) in [6, 6.07) is 9.45. The Balaban J connectivity index is 2.97. The second kappa shape index (κ2) is 5.86. The maximum absolute atomic E-state index is 11.4. The molecule has 0 aliphatic carbocycles. The first-order chi connectivity index (χ1) is 8.02. The van der Waals surface area contributed by atoms with Crippen molar-refractivity contribution in [2.24, 2.45) is 0 Å². The molecule has 0 aliphatic rings. The molecule has 0 atom stereocenters. The quantitative estimate of drug-likeness (QED) is 0.455. The van der Waals surface area contributed by atoms with Gasteiger partial charge in [-0.1, -0.05) is 29.8 Å². The summed E-state index contributed by atoms with van der Waals surface area (Å²) in [5, 5.41) is 9.03. The standard InChI is InChI=1S/C14H15NO2/c1-10(2)17-14(16)8-13(9-15)12-6-4-5-11(3)7-12/h4-8,10H,1-3H3. The lowest BCUT2D eigenvalue weighted by Crippen LogP contribution is -2.09. The SMILES string of the molecule is Cc1cccc(C(C#N)=CC(=O)OC(C)C)c1. The van der Waals surface area contributed by atoms with Crippen LogP contribution in [0, 0.1) is 18.3 Å². The van der Waals surface area contributed by atoms with Gasteiger partial charge in [0.2, 0.25) is 0 Å². The van der Waals surface area contributed by atoms with Crippen LogP contribution in [0.1, 0.15) is 25.0 Å². The van der Waals surface area contributed by atoms with Crippen LogP contribution in [0.5, 0.6) is 0 Å². The molecule has 0 radical (unpaired) electrons. The third kappa shape index (κ3) is 4.12. The zero-order valence-corrected chi connectivity index (χ0v) is 10.2. The summed E-state index contributed by atoms with van der Waals surface area (Å²) in [6.07, 6.45) is 1.05. The van der Waals surface area contributed by atoms with Crippen LogP contribution in [-0.2, 0) is 9.53 Å². The zero-order chi connectivity index (χ0) is 12.8. The van der Waals surface area contributed by atoms with Gasteiger partial charge in [0.25, 0.3) is 0 Å². The van der Waals surface area contributed by atoms with Gasteiger partial charge in [0.05, 0.1) is 11.7 Å². The van der Waals surface area contributed by atoms with Gasteiger partial charge in [0.1, 0.15) is 6.07 Å². The molecule has 0 N–H and O–H groups in total. The number of carbonyl (C=O) groups is 1. The van der Waals surface area contributed by atoms with Crippen LogP contribution in [0.15, 0.2) is 30.3 Å². The van der Waals surface area contributed by atoms with Gasteiger partial charge in [-0.3, -0.25) is 0 Å². The van der Waals surface area contributed by atoms with E-state index in [0.717, 1.165) is 11.1 Å². The normalized spacial score (nSPS) is 11.1. The van der Waals surface area contributed by atoms with Crippen molar-refractivity contribution in [1.29, 1.82) is 5.26 Å². The molecular formula is C14H15NO2. The van der Waals surface area contributed by atoms with E-state index in [4.69, 9.17) is 10.00 Å². The Morgan fingerprint density at radius 2 is 2.18 bits per heavy atom. The summed E-state index contributed by atoms with van der Waals surface area (Å²) >= 11 is 0. The summed E-state index contributed by atoms with van der Waals surface area (Å²) in [5.74, 6) is -0.488. The van der Waals surface area contributed by atoms with Gasteiger partial charge in [-0.2, -0.15) is 5.26 Å². The lowest BCUT2D eigenvalue weighted by molar-refractivity contribution is -0.141. The number of aryl methyl sites for hydroxylation is 1. The van der Waals surface area contributed by atoms with Crippen LogP contribution >= 0.6 is 0 Å². The number of allylic oxidation sites excluding steroid dienone is 1. The zero-order valence-electron chi connectivity index (χ0n) is 10.2. The molecule has 3 heteroatoms. The number of carbonyl (C=O) groups excluding carboxylic acids is 1. The van der Waals surface area contributed by atoms with Gasteiger partial charge in [0, 0.05) is 6.08 Å². The van der Waals surface area contributed by atoms with Gasteiger partial charge in [0.15, 0.2) is 0 Å². The smallest absolute Gasteiger partial charge is 0.332 e. The Hall–Kier alpha value is -2.08. The first-order valence-corrected chi connectivity index (χ1v) is 5.42.